The van der Waals surface area contributed by atoms with E-state index in [9.17, 15) is 4.79 Å². The first kappa shape index (κ1) is 18.9. The van der Waals surface area contributed by atoms with E-state index in [1.54, 1.807) is 47.2 Å². The van der Waals surface area contributed by atoms with Crippen LogP contribution in [0, 0.1) is 0 Å². The van der Waals surface area contributed by atoms with Crippen molar-refractivity contribution in [1.82, 2.24) is 20.1 Å². The van der Waals surface area contributed by atoms with Crippen LogP contribution in [0.4, 0.5) is 0 Å². The van der Waals surface area contributed by atoms with Gasteiger partial charge in [0.1, 0.15) is 5.75 Å². The summed E-state index contributed by atoms with van der Waals surface area (Å²) in [5.41, 5.74) is 3.81. The van der Waals surface area contributed by atoms with Crippen LogP contribution in [-0.2, 0) is 6.42 Å². The van der Waals surface area contributed by atoms with Crippen LogP contribution in [0.2, 0.25) is 10.0 Å². The van der Waals surface area contributed by atoms with E-state index < -0.39 is 6.04 Å². The molecule has 4 aromatic rings. The molecular weight excluding hydrogens is 423 g/mol. The lowest BCUT2D eigenvalue weighted by molar-refractivity contribution is 0.0944. The van der Waals surface area contributed by atoms with Gasteiger partial charge in [0.15, 0.2) is 0 Å². The van der Waals surface area contributed by atoms with Gasteiger partial charge in [-0.2, -0.15) is 0 Å². The van der Waals surface area contributed by atoms with Gasteiger partial charge in [0.2, 0.25) is 0 Å². The van der Waals surface area contributed by atoms with Crippen molar-refractivity contribution in [3.8, 4) is 5.75 Å². The Morgan fingerprint density at radius 2 is 2.07 bits per heavy atom. The molecule has 0 saturated carbocycles. The normalized spacial score (nSPS) is 13.7. The van der Waals surface area contributed by atoms with E-state index in [1.807, 2.05) is 18.2 Å². The van der Waals surface area contributed by atoms with Crippen molar-refractivity contribution < 1.29 is 9.53 Å². The lowest BCUT2D eigenvalue weighted by atomic mass is 9.96. The largest absolute Gasteiger partial charge is 0.493 e. The molecule has 0 bridgehead atoms. The molecule has 6 nitrogen and oxygen atoms in total. The predicted molar refractivity (Wildman–Crippen MR) is 114 cm³/mol. The van der Waals surface area contributed by atoms with Crippen LogP contribution in [0.1, 0.15) is 33.1 Å². The van der Waals surface area contributed by atoms with Crippen LogP contribution >= 0.6 is 23.2 Å². The van der Waals surface area contributed by atoms with Crippen LogP contribution in [-0.4, -0.2) is 27.3 Å². The van der Waals surface area contributed by atoms with Gasteiger partial charge in [-0.05, 0) is 59.2 Å². The van der Waals surface area contributed by atoms with Crippen LogP contribution < -0.4 is 10.1 Å². The summed E-state index contributed by atoms with van der Waals surface area (Å²) in [5.74, 6) is 0.608. The Bertz CT molecular complexity index is 1270. The maximum atomic E-state index is 13.3. The Labute approximate surface area is 182 Å². The first-order valence-electron chi connectivity index (χ1n) is 9.40. The quantitative estimate of drug-likeness (QED) is 0.509. The Kier molecular flexibility index (Phi) is 4.81. The van der Waals surface area contributed by atoms with E-state index in [2.05, 4.69) is 15.6 Å². The predicted octanol–water partition coefficient (Wildman–Crippen LogP) is 4.49. The number of ether oxygens (including phenoxy) is 1. The molecule has 150 valence electrons. The monoisotopic (exact) mass is 438 g/mol. The molecule has 0 fully saturated rings. The van der Waals surface area contributed by atoms with Crippen LogP contribution in [0.25, 0.3) is 5.52 Å². The van der Waals surface area contributed by atoms with E-state index in [-0.39, 0.29) is 5.91 Å². The molecule has 1 amide bonds. The molecule has 1 N–H and O–H groups in total. The van der Waals surface area contributed by atoms with E-state index >= 15 is 0 Å². The number of aromatic nitrogens is 3. The number of halogens is 2. The highest BCUT2D eigenvalue weighted by Crippen LogP contribution is 2.34. The Balaban J connectivity index is 1.58. The first-order valence-corrected chi connectivity index (χ1v) is 10.2. The van der Waals surface area contributed by atoms with Crippen LogP contribution in [0.3, 0.4) is 0 Å². The summed E-state index contributed by atoms with van der Waals surface area (Å²) < 4.78 is 7.18. The second-order valence-electron chi connectivity index (χ2n) is 7.02. The minimum absolute atomic E-state index is 0.263. The van der Waals surface area contributed by atoms with Crippen molar-refractivity contribution in [1.29, 1.82) is 0 Å². The molecule has 0 radical (unpaired) electrons. The number of hydrogen-bond acceptors (Lipinski definition) is 4. The zero-order valence-corrected chi connectivity index (χ0v) is 17.2. The molecule has 0 spiro atoms. The molecule has 3 heterocycles. The number of amides is 1. The summed E-state index contributed by atoms with van der Waals surface area (Å²) in [7, 11) is 0. The van der Waals surface area contributed by atoms with Crippen molar-refractivity contribution in [3.63, 3.8) is 0 Å². The third-order valence-electron chi connectivity index (χ3n) is 5.18. The van der Waals surface area contributed by atoms with Crippen molar-refractivity contribution in [2.75, 3.05) is 6.61 Å². The molecule has 1 aliphatic heterocycles. The molecule has 0 aliphatic carbocycles. The third-order valence-corrected chi connectivity index (χ3v) is 5.76. The lowest BCUT2D eigenvalue weighted by Gasteiger charge is -2.22. The molecule has 1 atom stereocenters. The van der Waals surface area contributed by atoms with Gasteiger partial charge in [-0.25, -0.2) is 4.52 Å². The highest BCUT2D eigenvalue weighted by molar-refractivity contribution is 6.33. The highest BCUT2D eigenvalue weighted by Gasteiger charge is 2.24. The number of fused-ring (bicyclic) bond motifs is 2. The molecule has 8 heteroatoms. The Morgan fingerprint density at radius 1 is 1.17 bits per heavy atom. The van der Waals surface area contributed by atoms with E-state index in [0.29, 0.717) is 27.7 Å². The topological polar surface area (TPSA) is 68.5 Å². The van der Waals surface area contributed by atoms with Gasteiger partial charge >= 0.3 is 0 Å². The Hall–Kier alpha value is -3.09. The number of benzene rings is 2. The summed E-state index contributed by atoms with van der Waals surface area (Å²) in [6, 6.07) is 14.1. The van der Waals surface area contributed by atoms with Gasteiger partial charge in [-0.15, -0.1) is 5.10 Å². The smallest absolute Gasteiger partial charge is 0.254 e. The number of nitrogens with one attached hydrogen (secondary N) is 1. The fourth-order valence-corrected chi connectivity index (χ4v) is 4.12. The molecule has 5 rings (SSSR count). The average molecular weight is 439 g/mol. The van der Waals surface area contributed by atoms with E-state index in [0.717, 1.165) is 28.9 Å². The number of hydrogen-bond donors (Lipinski definition) is 1. The van der Waals surface area contributed by atoms with Gasteiger partial charge in [0.25, 0.3) is 5.91 Å². The molecule has 2 aromatic heterocycles. The third kappa shape index (κ3) is 3.38. The minimum Gasteiger partial charge on any atom is -0.493 e. The van der Waals surface area contributed by atoms with Crippen molar-refractivity contribution in [2.24, 2.45) is 0 Å². The molecule has 30 heavy (non-hydrogen) atoms. The van der Waals surface area contributed by atoms with E-state index in [4.69, 9.17) is 27.9 Å². The van der Waals surface area contributed by atoms with Gasteiger partial charge in [0, 0.05) is 22.7 Å². The van der Waals surface area contributed by atoms with Crippen molar-refractivity contribution in [3.05, 3.63) is 93.2 Å². The van der Waals surface area contributed by atoms with Gasteiger partial charge in [-0.3, -0.25) is 4.79 Å². The number of rotatable bonds is 4. The molecule has 0 saturated heterocycles. The zero-order chi connectivity index (χ0) is 20.7. The number of carbonyl (C=O) groups excluding carboxylic acids is 1. The highest BCUT2D eigenvalue weighted by atomic mass is 35.5. The second-order valence-corrected chi connectivity index (χ2v) is 7.87. The SMILES string of the molecule is O=C(NC(c1ccc2c(c1)CCO2)c1cc(Cl)ccc1Cl)c1cccn2nncc12. The molecular formula is C22H16Cl2N4O2. The van der Waals surface area contributed by atoms with Gasteiger partial charge in [-0.1, -0.05) is 34.5 Å². The van der Waals surface area contributed by atoms with E-state index in [1.165, 1.54) is 0 Å². The number of carbonyl (C=O) groups is 1. The summed E-state index contributed by atoms with van der Waals surface area (Å²) >= 11 is 12.8. The summed E-state index contributed by atoms with van der Waals surface area (Å²) in [4.78, 5) is 13.3. The van der Waals surface area contributed by atoms with Gasteiger partial charge in [0.05, 0.1) is 29.9 Å². The Morgan fingerprint density at radius 3 is 2.97 bits per heavy atom. The van der Waals surface area contributed by atoms with Crippen molar-refractivity contribution >= 4 is 34.6 Å². The number of pyridine rings is 1. The summed E-state index contributed by atoms with van der Waals surface area (Å²) in [6.45, 7) is 0.657. The molecule has 2 aromatic carbocycles. The first-order chi connectivity index (χ1) is 14.6. The summed E-state index contributed by atoms with van der Waals surface area (Å²) in [5, 5.41) is 12.0. The fourth-order valence-electron chi connectivity index (χ4n) is 3.72. The zero-order valence-electron chi connectivity index (χ0n) is 15.7. The average Bonchev–Trinajstić information content (AvgIpc) is 3.42. The standard InChI is InChI=1S/C22H16Cl2N4O2/c23-15-4-5-18(24)17(11-15)21(14-3-6-20-13(10-14)7-9-30-20)26-22(29)16-2-1-8-28-19(16)12-25-27-28/h1-6,8,10-12,21H,7,9H2,(H,26,29). The number of nitrogens with zero attached hydrogens (tertiary/aromatic N) is 3. The minimum atomic E-state index is -0.495. The fraction of sp³-hybridized carbons (Fsp3) is 0.136. The summed E-state index contributed by atoms with van der Waals surface area (Å²) in [6.07, 6.45) is 4.13. The van der Waals surface area contributed by atoms with Crippen LogP contribution in [0.15, 0.2) is 60.9 Å². The van der Waals surface area contributed by atoms with Gasteiger partial charge < -0.3 is 10.1 Å². The lowest BCUT2D eigenvalue weighted by Crippen LogP contribution is -2.30. The molecule has 1 aliphatic rings. The molecule has 1 unspecified atom stereocenters. The second kappa shape index (κ2) is 7.63. The van der Waals surface area contributed by atoms with Crippen molar-refractivity contribution in [2.45, 2.75) is 12.5 Å². The van der Waals surface area contributed by atoms with Crippen LogP contribution in [0.5, 0.6) is 5.75 Å². The maximum absolute atomic E-state index is 13.3. The maximum Gasteiger partial charge on any atom is 0.254 e.